The van der Waals surface area contributed by atoms with E-state index < -0.39 is 6.10 Å². The van der Waals surface area contributed by atoms with Gasteiger partial charge in [-0.2, -0.15) is 0 Å². The lowest BCUT2D eigenvalue weighted by atomic mass is 10.0. The molecule has 0 aromatic carbocycles. The normalized spacial score (nSPS) is 12.7. The van der Waals surface area contributed by atoms with Crippen LogP contribution in [0.3, 0.4) is 0 Å². The Bertz CT molecular complexity index is 1250. The lowest BCUT2D eigenvalue weighted by molar-refractivity contribution is -0.166. The standard InChI is InChI=1S/C58H98O6/c1-4-7-10-13-16-19-22-25-28-30-33-36-39-42-45-48-51-57(60)63-54-55(53-62-56(59)50-47-44-41-38-35-32-27-24-21-18-15-12-9-6-3)64-58(61)52-49-46-43-40-37-34-31-29-26-23-20-17-14-11-8-5-2/h7,10,16,19,25,28-29,31,33-34,36-37,42,45,55H,4-6,8-9,11-15,17-18,20-24,26-27,30,32,35,38-41,43-44,46-54H2,1-3H3/b10-7-,19-16-,28-25-,31-29-,36-33-,37-34-,45-42-. The minimum atomic E-state index is -0.818. The average Bonchev–Trinajstić information content (AvgIpc) is 3.29. The van der Waals surface area contributed by atoms with Crippen LogP contribution in [0.4, 0.5) is 0 Å². The minimum Gasteiger partial charge on any atom is -0.462 e. The Balaban J connectivity index is 4.53. The third kappa shape index (κ3) is 49.6. The summed E-state index contributed by atoms with van der Waals surface area (Å²) in [5, 5.41) is 0. The first-order valence-electron chi connectivity index (χ1n) is 26.6. The van der Waals surface area contributed by atoms with Crippen LogP contribution in [0.25, 0.3) is 0 Å². The predicted molar refractivity (Wildman–Crippen MR) is 274 cm³/mol. The number of rotatable bonds is 47. The van der Waals surface area contributed by atoms with E-state index in [-0.39, 0.29) is 44.0 Å². The maximum absolute atomic E-state index is 12.8. The van der Waals surface area contributed by atoms with E-state index >= 15 is 0 Å². The molecule has 6 heteroatoms. The molecule has 0 aliphatic heterocycles. The van der Waals surface area contributed by atoms with Crippen LogP contribution in [0, 0.1) is 0 Å². The van der Waals surface area contributed by atoms with Crippen molar-refractivity contribution in [3.8, 4) is 0 Å². The number of carbonyl (C=O) groups is 3. The van der Waals surface area contributed by atoms with E-state index in [1.807, 2.05) is 12.2 Å². The molecule has 0 aromatic rings. The summed E-state index contributed by atoms with van der Waals surface area (Å²) >= 11 is 0. The van der Waals surface area contributed by atoms with Crippen LogP contribution in [-0.4, -0.2) is 37.2 Å². The Hall–Kier alpha value is -3.41. The van der Waals surface area contributed by atoms with E-state index in [9.17, 15) is 14.4 Å². The van der Waals surface area contributed by atoms with Gasteiger partial charge in [0, 0.05) is 19.3 Å². The highest BCUT2D eigenvalue weighted by Crippen LogP contribution is 2.15. The molecular formula is C58H98O6. The zero-order valence-electron chi connectivity index (χ0n) is 41.8. The highest BCUT2D eigenvalue weighted by atomic mass is 16.6. The summed E-state index contributed by atoms with van der Waals surface area (Å²) in [6.07, 6.45) is 67.2. The van der Waals surface area contributed by atoms with Crippen molar-refractivity contribution in [2.45, 2.75) is 252 Å². The maximum atomic E-state index is 12.8. The van der Waals surface area contributed by atoms with Crippen molar-refractivity contribution in [3.05, 3.63) is 85.1 Å². The first-order chi connectivity index (χ1) is 31.5. The van der Waals surface area contributed by atoms with E-state index in [2.05, 4.69) is 93.7 Å². The Morgan fingerprint density at radius 3 is 1.12 bits per heavy atom. The summed E-state index contributed by atoms with van der Waals surface area (Å²) < 4.78 is 16.7. The lowest BCUT2D eigenvalue weighted by Crippen LogP contribution is -2.30. The molecule has 0 fully saturated rings. The van der Waals surface area contributed by atoms with Gasteiger partial charge in [0.15, 0.2) is 6.10 Å². The van der Waals surface area contributed by atoms with E-state index in [1.54, 1.807) is 0 Å². The summed E-state index contributed by atoms with van der Waals surface area (Å²) in [5.74, 6) is -1.02. The SMILES string of the molecule is CC/C=C\C/C=C\C/C=C\C/C=C\C/C=C\CCC(=O)OCC(COC(=O)CCCCCCCCCCCCCCCC)OC(=O)CCCCC/C=C\C=C/CCCCCCCCC. The Labute approximate surface area is 395 Å². The maximum Gasteiger partial charge on any atom is 0.306 e. The van der Waals surface area contributed by atoms with Gasteiger partial charge in [-0.3, -0.25) is 14.4 Å². The molecule has 64 heavy (non-hydrogen) atoms. The van der Waals surface area contributed by atoms with Crippen molar-refractivity contribution in [2.75, 3.05) is 13.2 Å². The zero-order chi connectivity index (χ0) is 46.5. The third-order valence-corrected chi connectivity index (χ3v) is 11.2. The Morgan fingerprint density at radius 1 is 0.344 bits per heavy atom. The fourth-order valence-corrected chi connectivity index (χ4v) is 7.19. The van der Waals surface area contributed by atoms with Gasteiger partial charge >= 0.3 is 17.9 Å². The average molecular weight is 891 g/mol. The summed E-state index contributed by atoms with van der Waals surface area (Å²) in [4.78, 5) is 38.0. The number of unbranched alkanes of at least 4 members (excludes halogenated alkanes) is 23. The smallest absolute Gasteiger partial charge is 0.306 e. The molecule has 0 saturated carbocycles. The van der Waals surface area contributed by atoms with Crippen molar-refractivity contribution in [1.82, 2.24) is 0 Å². The predicted octanol–water partition coefficient (Wildman–Crippen LogP) is 17.6. The largest absolute Gasteiger partial charge is 0.462 e. The molecule has 1 unspecified atom stereocenters. The molecule has 6 nitrogen and oxygen atoms in total. The van der Waals surface area contributed by atoms with Crippen molar-refractivity contribution < 1.29 is 28.6 Å². The minimum absolute atomic E-state index is 0.109. The second-order valence-electron chi connectivity index (χ2n) is 17.4. The van der Waals surface area contributed by atoms with Gasteiger partial charge in [-0.05, 0) is 77.0 Å². The molecule has 0 rings (SSSR count). The van der Waals surface area contributed by atoms with Gasteiger partial charge in [-0.15, -0.1) is 0 Å². The summed E-state index contributed by atoms with van der Waals surface area (Å²) in [7, 11) is 0. The number of esters is 3. The molecule has 366 valence electrons. The first kappa shape index (κ1) is 60.6. The van der Waals surface area contributed by atoms with Gasteiger partial charge in [-0.25, -0.2) is 0 Å². The van der Waals surface area contributed by atoms with E-state index in [0.717, 1.165) is 83.5 Å². The van der Waals surface area contributed by atoms with Gasteiger partial charge < -0.3 is 14.2 Å². The molecule has 0 amide bonds. The van der Waals surface area contributed by atoms with Crippen LogP contribution in [0.2, 0.25) is 0 Å². The number of ether oxygens (including phenoxy) is 3. The van der Waals surface area contributed by atoms with E-state index in [0.29, 0.717) is 12.8 Å². The molecular weight excluding hydrogens is 793 g/mol. The molecule has 0 saturated heterocycles. The monoisotopic (exact) mass is 891 g/mol. The van der Waals surface area contributed by atoms with E-state index in [1.165, 1.54) is 116 Å². The lowest BCUT2D eigenvalue weighted by Gasteiger charge is -2.18. The number of allylic oxidation sites excluding steroid dienone is 14. The van der Waals surface area contributed by atoms with Crippen molar-refractivity contribution in [2.24, 2.45) is 0 Å². The van der Waals surface area contributed by atoms with Crippen LogP contribution >= 0.6 is 0 Å². The summed E-state index contributed by atoms with van der Waals surface area (Å²) in [6.45, 7) is 6.44. The molecule has 0 radical (unpaired) electrons. The van der Waals surface area contributed by atoms with Crippen molar-refractivity contribution >= 4 is 17.9 Å². The quantitative estimate of drug-likeness (QED) is 0.0199. The molecule has 0 heterocycles. The molecule has 0 spiro atoms. The summed E-state index contributed by atoms with van der Waals surface area (Å²) in [5.41, 5.74) is 0. The van der Waals surface area contributed by atoms with Crippen LogP contribution in [0.1, 0.15) is 245 Å². The number of hydrogen-bond acceptors (Lipinski definition) is 6. The molecule has 0 N–H and O–H groups in total. The second-order valence-corrected chi connectivity index (χ2v) is 17.4. The molecule has 0 aliphatic rings. The van der Waals surface area contributed by atoms with Gasteiger partial charge in [0.2, 0.25) is 0 Å². The summed E-state index contributed by atoms with van der Waals surface area (Å²) in [6, 6.07) is 0. The fraction of sp³-hybridized carbons (Fsp3) is 0.707. The van der Waals surface area contributed by atoms with Gasteiger partial charge in [-0.1, -0.05) is 234 Å². The highest BCUT2D eigenvalue weighted by molar-refractivity contribution is 5.71. The highest BCUT2D eigenvalue weighted by Gasteiger charge is 2.19. The Morgan fingerprint density at radius 2 is 0.688 bits per heavy atom. The van der Waals surface area contributed by atoms with Crippen molar-refractivity contribution in [1.29, 1.82) is 0 Å². The molecule has 0 bridgehead atoms. The zero-order valence-corrected chi connectivity index (χ0v) is 41.8. The van der Waals surface area contributed by atoms with Gasteiger partial charge in [0.05, 0.1) is 0 Å². The number of hydrogen-bond donors (Lipinski definition) is 0. The third-order valence-electron chi connectivity index (χ3n) is 11.2. The molecule has 1 atom stereocenters. The van der Waals surface area contributed by atoms with Crippen LogP contribution in [0.5, 0.6) is 0 Å². The van der Waals surface area contributed by atoms with Crippen LogP contribution in [0.15, 0.2) is 85.1 Å². The number of carbonyl (C=O) groups excluding carboxylic acids is 3. The molecule has 0 aliphatic carbocycles. The van der Waals surface area contributed by atoms with Gasteiger partial charge in [0.1, 0.15) is 13.2 Å². The van der Waals surface area contributed by atoms with Crippen molar-refractivity contribution in [3.63, 3.8) is 0 Å². The Kier molecular flexibility index (Phi) is 49.4. The topological polar surface area (TPSA) is 78.9 Å². The fourth-order valence-electron chi connectivity index (χ4n) is 7.19. The molecule has 0 aromatic heterocycles. The van der Waals surface area contributed by atoms with Crippen LogP contribution < -0.4 is 0 Å². The van der Waals surface area contributed by atoms with Gasteiger partial charge in [0.25, 0.3) is 0 Å². The van der Waals surface area contributed by atoms with Crippen LogP contribution in [-0.2, 0) is 28.6 Å². The first-order valence-corrected chi connectivity index (χ1v) is 26.6. The second kappa shape index (κ2) is 52.2. The van der Waals surface area contributed by atoms with E-state index in [4.69, 9.17) is 14.2 Å².